The fourth-order valence-electron chi connectivity index (χ4n) is 2.27. The maximum Gasteiger partial charge on any atom is 0.263 e. The number of carbonyl (C=O) groups is 1. The van der Waals surface area contributed by atoms with Crippen LogP contribution in [0.1, 0.15) is 5.56 Å². The molecule has 128 valence electrons. The molecule has 2 aromatic rings. The number of nitriles is 1. The van der Waals surface area contributed by atoms with E-state index < -0.39 is 5.91 Å². The van der Waals surface area contributed by atoms with Crippen molar-refractivity contribution in [3.05, 3.63) is 78.0 Å². The van der Waals surface area contributed by atoms with Gasteiger partial charge in [0.1, 0.15) is 11.6 Å². The smallest absolute Gasteiger partial charge is 0.263 e. The standard InChI is InChI=1S/C20H21N3O2/c1-25-13-12-22-20(24)18(14-21)16-23(19-10-6-3-7-11-19)15-17-8-4-2-5-9-17/h2-11,16H,12-13,15H2,1H3,(H,22,24)/b18-16-. The lowest BCUT2D eigenvalue weighted by atomic mass is 10.2. The van der Waals surface area contributed by atoms with Crippen molar-refractivity contribution in [2.24, 2.45) is 0 Å². The predicted molar refractivity (Wildman–Crippen MR) is 97.6 cm³/mol. The van der Waals surface area contributed by atoms with Gasteiger partial charge in [0.25, 0.3) is 5.91 Å². The Morgan fingerprint density at radius 1 is 1.16 bits per heavy atom. The molecular formula is C20H21N3O2. The summed E-state index contributed by atoms with van der Waals surface area (Å²) in [7, 11) is 1.56. The maximum absolute atomic E-state index is 12.2. The minimum Gasteiger partial charge on any atom is -0.383 e. The van der Waals surface area contributed by atoms with Crippen molar-refractivity contribution in [3.63, 3.8) is 0 Å². The number of carbonyl (C=O) groups excluding carboxylic acids is 1. The second kappa shape index (κ2) is 9.91. The number of para-hydroxylation sites is 1. The molecule has 25 heavy (non-hydrogen) atoms. The first kappa shape index (κ1) is 18.2. The number of nitrogens with zero attached hydrogens (tertiary/aromatic N) is 2. The van der Waals surface area contributed by atoms with Crippen molar-refractivity contribution < 1.29 is 9.53 Å². The zero-order chi connectivity index (χ0) is 17.9. The Bertz CT molecular complexity index is 737. The third kappa shape index (κ3) is 5.79. The summed E-state index contributed by atoms with van der Waals surface area (Å²) >= 11 is 0. The summed E-state index contributed by atoms with van der Waals surface area (Å²) < 4.78 is 4.91. The molecule has 0 fully saturated rings. The first-order chi connectivity index (χ1) is 12.2. The molecule has 0 bridgehead atoms. The first-order valence-corrected chi connectivity index (χ1v) is 7.99. The van der Waals surface area contributed by atoms with E-state index in [1.165, 1.54) is 0 Å². The highest BCUT2D eigenvalue weighted by Gasteiger charge is 2.12. The Morgan fingerprint density at radius 2 is 1.80 bits per heavy atom. The molecule has 0 aliphatic carbocycles. The van der Waals surface area contributed by atoms with Gasteiger partial charge in [0.15, 0.2) is 0 Å². The molecule has 0 heterocycles. The Hall–Kier alpha value is -3.10. The van der Waals surface area contributed by atoms with Crippen LogP contribution in [0.3, 0.4) is 0 Å². The zero-order valence-electron chi connectivity index (χ0n) is 14.2. The van der Waals surface area contributed by atoms with Gasteiger partial charge in [-0.2, -0.15) is 5.26 Å². The van der Waals surface area contributed by atoms with Gasteiger partial charge in [-0.25, -0.2) is 0 Å². The fourth-order valence-corrected chi connectivity index (χ4v) is 2.27. The molecule has 0 spiro atoms. The molecule has 1 N–H and O–H groups in total. The van der Waals surface area contributed by atoms with E-state index in [0.29, 0.717) is 19.7 Å². The number of anilines is 1. The summed E-state index contributed by atoms with van der Waals surface area (Å²) in [4.78, 5) is 14.1. The number of methoxy groups -OCH3 is 1. The molecule has 0 radical (unpaired) electrons. The lowest BCUT2D eigenvalue weighted by Gasteiger charge is -2.21. The third-order valence-electron chi connectivity index (χ3n) is 3.53. The van der Waals surface area contributed by atoms with Crippen LogP contribution in [0.5, 0.6) is 0 Å². The molecule has 2 rings (SSSR count). The number of amides is 1. The maximum atomic E-state index is 12.2. The van der Waals surface area contributed by atoms with Crippen LogP contribution in [0.4, 0.5) is 5.69 Å². The molecule has 5 heteroatoms. The number of hydrogen-bond acceptors (Lipinski definition) is 4. The van der Waals surface area contributed by atoms with Crippen molar-refractivity contribution in [3.8, 4) is 6.07 Å². The number of ether oxygens (including phenoxy) is 1. The van der Waals surface area contributed by atoms with Crippen LogP contribution in [-0.4, -0.2) is 26.2 Å². The number of rotatable bonds is 8. The van der Waals surface area contributed by atoms with Crippen LogP contribution >= 0.6 is 0 Å². The van der Waals surface area contributed by atoms with E-state index in [9.17, 15) is 10.1 Å². The summed E-state index contributed by atoms with van der Waals surface area (Å²) in [5.41, 5.74) is 2.04. The third-order valence-corrected chi connectivity index (χ3v) is 3.53. The normalized spacial score (nSPS) is 10.8. The molecule has 1 amide bonds. The second-order valence-corrected chi connectivity index (χ2v) is 5.35. The van der Waals surface area contributed by atoms with Crippen LogP contribution in [0.25, 0.3) is 0 Å². The van der Waals surface area contributed by atoms with Crippen molar-refractivity contribution in [1.82, 2.24) is 5.32 Å². The van der Waals surface area contributed by atoms with Gasteiger partial charge in [-0.3, -0.25) is 4.79 Å². The fraction of sp³-hybridized carbons (Fsp3) is 0.200. The SMILES string of the molecule is COCCNC(=O)/C(C#N)=C\N(Cc1ccccc1)c1ccccc1. The molecular weight excluding hydrogens is 314 g/mol. The molecule has 0 saturated carbocycles. The minimum atomic E-state index is -0.409. The molecule has 0 saturated heterocycles. The monoisotopic (exact) mass is 335 g/mol. The molecule has 5 nitrogen and oxygen atoms in total. The second-order valence-electron chi connectivity index (χ2n) is 5.35. The highest BCUT2D eigenvalue weighted by molar-refractivity contribution is 5.97. The number of hydrogen-bond donors (Lipinski definition) is 1. The Labute approximate surface area is 148 Å². The summed E-state index contributed by atoms with van der Waals surface area (Å²) in [5.74, 6) is -0.409. The van der Waals surface area contributed by atoms with Crippen molar-refractivity contribution in [2.45, 2.75) is 6.54 Å². The van der Waals surface area contributed by atoms with E-state index in [4.69, 9.17) is 4.74 Å². The predicted octanol–water partition coefficient (Wildman–Crippen LogP) is 2.86. The van der Waals surface area contributed by atoms with Gasteiger partial charge in [-0.1, -0.05) is 48.5 Å². The van der Waals surface area contributed by atoms with Gasteiger partial charge in [-0.15, -0.1) is 0 Å². The van der Waals surface area contributed by atoms with Gasteiger partial charge in [0, 0.05) is 32.1 Å². The highest BCUT2D eigenvalue weighted by Crippen LogP contribution is 2.18. The van der Waals surface area contributed by atoms with E-state index in [0.717, 1.165) is 11.3 Å². The van der Waals surface area contributed by atoms with Crippen molar-refractivity contribution in [1.29, 1.82) is 5.26 Å². The van der Waals surface area contributed by atoms with Crippen molar-refractivity contribution in [2.75, 3.05) is 25.2 Å². The quantitative estimate of drug-likeness (QED) is 0.458. The van der Waals surface area contributed by atoms with Crippen LogP contribution < -0.4 is 10.2 Å². The molecule has 0 aromatic heterocycles. The number of benzene rings is 2. The van der Waals surface area contributed by atoms with Crippen LogP contribution in [0, 0.1) is 11.3 Å². The van der Waals surface area contributed by atoms with Gasteiger partial charge in [0.05, 0.1) is 6.61 Å². The zero-order valence-corrected chi connectivity index (χ0v) is 14.2. The van der Waals surface area contributed by atoms with Crippen LogP contribution in [-0.2, 0) is 16.1 Å². The first-order valence-electron chi connectivity index (χ1n) is 7.99. The average Bonchev–Trinajstić information content (AvgIpc) is 2.66. The summed E-state index contributed by atoms with van der Waals surface area (Å²) in [6, 6.07) is 21.5. The average molecular weight is 335 g/mol. The topological polar surface area (TPSA) is 65.4 Å². The van der Waals surface area contributed by atoms with Gasteiger partial charge in [-0.05, 0) is 17.7 Å². The van der Waals surface area contributed by atoms with Gasteiger partial charge >= 0.3 is 0 Å². The summed E-state index contributed by atoms with van der Waals surface area (Å²) in [5, 5.41) is 12.1. The Morgan fingerprint density at radius 3 is 2.40 bits per heavy atom. The van der Waals surface area contributed by atoms with E-state index >= 15 is 0 Å². The lowest BCUT2D eigenvalue weighted by molar-refractivity contribution is -0.117. The highest BCUT2D eigenvalue weighted by atomic mass is 16.5. The molecule has 0 unspecified atom stereocenters. The molecule has 0 atom stereocenters. The lowest BCUT2D eigenvalue weighted by Crippen LogP contribution is -2.29. The Balaban J connectivity index is 2.24. The van der Waals surface area contributed by atoms with Crippen LogP contribution in [0.2, 0.25) is 0 Å². The summed E-state index contributed by atoms with van der Waals surface area (Å²) in [6.45, 7) is 1.32. The molecule has 0 aliphatic heterocycles. The van der Waals surface area contributed by atoms with Crippen LogP contribution in [0.15, 0.2) is 72.4 Å². The number of nitrogens with one attached hydrogen (secondary N) is 1. The van der Waals surface area contributed by atoms with Gasteiger partial charge in [0.2, 0.25) is 0 Å². The molecule has 2 aromatic carbocycles. The largest absolute Gasteiger partial charge is 0.383 e. The molecule has 0 aliphatic rings. The van der Waals surface area contributed by atoms with E-state index in [-0.39, 0.29) is 5.57 Å². The minimum absolute atomic E-state index is 0.0517. The van der Waals surface area contributed by atoms with Gasteiger partial charge < -0.3 is 15.0 Å². The van der Waals surface area contributed by atoms with E-state index in [1.807, 2.05) is 71.6 Å². The Kier molecular flexibility index (Phi) is 7.23. The van der Waals surface area contributed by atoms with Crippen molar-refractivity contribution >= 4 is 11.6 Å². The van der Waals surface area contributed by atoms with E-state index in [1.54, 1.807) is 13.3 Å². The van der Waals surface area contributed by atoms with E-state index in [2.05, 4.69) is 5.32 Å². The summed E-state index contributed by atoms with van der Waals surface area (Å²) in [6.07, 6.45) is 1.59.